The average molecular weight is 230 g/mol. The number of benzene rings is 1. The van der Waals surface area contributed by atoms with Gasteiger partial charge in [-0.1, -0.05) is 38.1 Å². The molecule has 0 N–H and O–H groups in total. The molecule has 0 fully saturated rings. The molecule has 60 valence electrons. The van der Waals surface area contributed by atoms with E-state index in [1.807, 2.05) is 0 Å². The van der Waals surface area contributed by atoms with Gasteiger partial charge in [-0.15, -0.1) is 0 Å². The maximum absolute atomic E-state index is 2.21. The quantitative estimate of drug-likeness (QED) is 0.685. The van der Waals surface area contributed by atoms with Crippen molar-refractivity contribution in [2.24, 2.45) is 0 Å². The number of hydrogen-bond donors (Lipinski definition) is 0. The zero-order chi connectivity index (χ0) is 7.40. The van der Waals surface area contributed by atoms with Crippen molar-refractivity contribution >= 4 is 0 Å². The Labute approximate surface area is 83.3 Å². The molecule has 1 heteroatoms. The topological polar surface area (TPSA) is 0 Å². The first kappa shape index (κ1) is 10.9. The number of rotatable bonds is 2. The van der Waals surface area contributed by atoms with Gasteiger partial charge in [0.25, 0.3) is 0 Å². The van der Waals surface area contributed by atoms with Crippen LogP contribution in [-0.4, -0.2) is 0 Å². The van der Waals surface area contributed by atoms with E-state index in [0.29, 0.717) is 0 Å². The van der Waals surface area contributed by atoms with Crippen LogP contribution >= 0.6 is 0 Å². The summed E-state index contributed by atoms with van der Waals surface area (Å²) in [6, 6.07) is 8.63. The molecule has 0 nitrogen and oxygen atoms in total. The van der Waals surface area contributed by atoms with Crippen LogP contribution in [0.5, 0.6) is 0 Å². The molecule has 0 aromatic heterocycles. The van der Waals surface area contributed by atoms with Crippen LogP contribution in [0.25, 0.3) is 0 Å². The van der Waals surface area contributed by atoms with Gasteiger partial charge in [0.1, 0.15) is 0 Å². The standard InChI is InChI=1S/C10H14.Mo/c1-3-9-7-5-6-8-10(9)4-2;/h5-8H,3-4H2,1-2H3;. The first-order chi connectivity index (χ1) is 4.88. The summed E-state index contributed by atoms with van der Waals surface area (Å²) in [5.41, 5.74) is 2.98. The minimum absolute atomic E-state index is 0. The fourth-order valence-corrected chi connectivity index (χ4v) is 1.25. The Hall–Kier alpha value is -0.0917. The molecule has 0 aliphatic carbocycles. The van der Waals surface area contributed by atoms with E-state index in [9.17, 15) is 0 Å². The van der Waals surface area contributed by atoms with Gasteiger partial charge in [-0.25, -0.2) is 0 Å². The van der Waals surface area contributed by atoms with Crippen molar-refractivity contribution < 1.29 is 21.1 Å². The first-order valence-electron chi connectivity index (χ1n) is 3.95. The van der Waals surface area contributed by atoms with Crippen molar-refractivity contribution in [3.05, 3.63) is 35.4 Å². The first-order valence-corrected chi connectivity index (χ1v) is 3.95. The molecule has 0 aliphatic rings. The molecule has 0 saturated carbocycles. The smallest absolute Gasteiger partial charge is 0 e. The van der Waals surface area contributed by atoms with Gasteiger partial charge in [-0.3, -0.25) is 0 Å². The zero-order valence-corrected chi connectivity index (χ0v) is 9.14. The molecule has 0 bridgehead atoms. The van der Waals surface area contributed by atoms with Gasteiger partial charge in [0.05, 0.1) is 0 Å². The molecular formula is C10H14Mo. The monoisotopic (exact) mass is 232 g/mol. The van der Waals surface area contributed by atoms with Gasteiger partial charge in [0.2, 0.25) is 0 Å². The second-order valence-electron chi connectivity index (χ2n) is 2.48. The maximum atomic E-state index is 2.21. The van der Waals surface area contributed by atoms with Crippen LogP contribution in [0.1, 0.15) is 25.0 Å². The molecule has 11 heavy (non-hydrogen) atoms. The van der Waals surface area contributed by atoms with Gasteiger partial charge in [0, 0.05) is 21.1 Å². The Bertz CT molecular complexity index is 183. The third-order valence-corrected chi connectivity index (χ3v) is 1.88. The molecule has 1 aromatic rings. The summed E-state index contributed by atoms with van der Waals surface area (Å²) < 4.78 is 0. The molecule has 0 saturated heterocycles. The molecule has 0 radical (unpaired) electrons. The summed E-state index contributed by atoms with van der Waals surface area (Å²) in [5, 5.41) is 0. The van der Waals surface area contributed by atoms with Gasteiger partial charge < -0.3 is 0 Å². The van der Waals surface area contributed by atoms with E-state index in [0.717, 1.165) is 12.8 Å². The van der Waals surface area contributed by atoms with E-state index in [2.05, 4.69) is 38.1 Å². The summed E-state index contributed by atoms with van der Waals surface area (Å²) in [6.07, 6.45) is 2.31. The SMILES string of the molecule is CCc1ccccc1CC.[Mo]. The minimum Gasteiger partial charge on any atom is -0.0620 e. The van der Waals surface area contributed by atoms with Crippen molar-refractivity contribution in [2.75, 3.05) is 0 Å². The summed E-state index contributed by atoms with van der Waals surface area (Å²) in [5.74, 6) is 0. The van der Waals surface area contributed by atoms with E-state index in [1.54, 1.807) is 0 Å². The van der Waals surface area contributed by atoms with Crippen molar-refractivity contribution in [3.63, 3.8) is 0 Å². The van der Waals surface area contributed by atoms with E-state index in [1.165, 1.54) is 11.1 Å². The predicted octanol–water partition coefficient (Wildman–Crippen LogP) is 2.81. The third-order valence-electron chi connectivity index (χ3n) is 1.88. The van der Waals surface area contributed by atoms with Crippen molar-refractivity contribution in [1.82, 2.24) is 0 Å². The largest absolute Gasteiger partial charge is 0.0620 e. The van der Waals surface area contributed by atoms with E-state index >= 15 is 0 Å². The molecular weight excluding hydrogens is 216 g/mol. The van der Waals surface area contributed by atoms with Gasteiger partial charge in [-0.05, 0) is 24.0 Å². The molecule has 1 rings (SSSR count). The normalized spacial score (nSPS) is 8.91. The summed E-state index contributed by atoms with van der Waals surface area (Å²) in [6.45, 7) is 4.41. The van der Waals surface area contributed by atoms with Gasteiger partial charge >= 0.3 is 0 Å². The van der Waals surface area contributed by atoms with Crippen LogP contribution in [0.3, 0.4) is 0 Å². The van der Waals surface area contributed by atoms with E-state index in [4.69, 9.17) is 0 Å². The van der Waals surface area contributed by atoms with Crippen molar-refractivity contribution in [1.29, 1.82) is 0 Å². The molecule has 0 atom stereocenters. The number of aryl methyl sites for hydroxylation is 2. The molecule has 1 aromatic carbocycles. The Morgan fingerprint density at radius 1 is 0.909 bits per heavy atom. The Balaban J connectivity index is 0.000001000. The van der Waals surface area contributed by atoms with Crippen LogP contribution in [0.15, 0.2) is 24.3 Å². The molecule has 0 heterocycles. The van der Waals surface area contributed by atoms with Crippen molar-refractivity contribution in [3.8, 4) is 0 Å². The fraction of sp³-hybridized carbons (Fsp3) is 0.400. The predicted molar refractivity (Wildman–Crippen MR) is 45.2 cm³/mol. The second-order valence-corrected chi connectivity index (χ2v) is 2.48. The van der Waals surface area contributed by atoms with Crippen LogP contribution < -0.4 is 0 Å². The average Bonchev–Trinajstić information content (AvgIpc) is 2.04. The van der Waals surface area contributed by atoms with E-state index in [-0.39, 0.29) is 21.1 Å². The van der Waals surface area contributed by atoms with Gasteiger partial charge in [-0.2, -0.15) is 0 Å². The molecule has 0 spiro atoms. The van der Waals surface area contributed by atoms with Crippen LogP contribution in [0, 0.1) is 0 Å². The van der Waals surface area contributed by atoms with Crippen LogP contribution in [0.4, 0.5) is 0 Å². The molecule has 0 aliphatic heterocycles. The summed E-state index contributed by atoms with van der Waals surface area (Å²) in [7, 11) is 0. The minimum atomic E-state index is 0. The fourth-order valence-electron chi connectivity index (χ4n) is 1.25. The maximum Gasteiger partial charge on any atom is 0 e. The zero-order valence-electron chi connectivity index (χ0n) is 7.13. The third kappa shape index (κ3) is 2.79. The number of hydrogen-bond acceptors (Lipinski definition) is 0. The Kier molecular flexibility index (Phi) is 5.50. The second kappa shape index (κ2) is 5.54. The Morgan fingerprint density at radius 3 is 1.55 bits per heavy atom. The van der Waals surface area contributed by atoms with Crippen LogP contribution in [-0.2, 0) is 33.9 Å². The summed E-state index contributed by atoms with van der Waals surface area (Å²) in [4.78, 5) is 0. The van der Waals surface area contributed by atoms with Crippen molar-refractivity contribution in [2.45, 2.75) is 26.7 Å². The van der Waals surface area contributed by atoms with Gasteiger partial charge in [0.15, 0.2) is 0 Å². The Morgan fingerprint density at radius 2 is 1.27 bits per heavy atom. The summed E-state index contributed by atoms with van der Waals surface area (Å²) >= 11 is 0. The van der Waals surface area contributed by atoms with E-state index < -0.39 is 0 Å². The molecule has 0 unspecified atom stereocenters. The van der Waals surface area contributed by atoms with Crippen LogP contribution in [0.2, 0.25) is 0 Å². The molecule has 0 amide bonds.